The van der Waals surface area contributed by atoms with E-state index in [1.165, 1.54) is 0 Å². The van der Waals surface area contributed by atoms with Crippen LogP contribution in [-0.4, -0.2) is 53.5 Å². The fraction of sp³-hybridized carbons (Fsp3) is 0.375. The van der Waals surface area contributed by atoms with Crippen LogP contribution in [-0.2, 0) is 14.3 Å². The van der Waals surface area contributed by atoms with Gasteiger partial charge in [-0.2, -0.15) is 0 Å². The molecule has 0 heterocycles. The fourth-order valence-corrected chi connectivity index (χ4v) is 4.65. The Balaban J connectivity index is 1.34. The van der Waals surface area contributed by atoms with Gasteiger partial charge in [0.2, 0.25) is 5.91 Å². The molecule has 1 fully saturated rings. The number of nitrogens with one attached hydrogen (secondary N) is 2. The van der Waals surface area contributed by atoms with E-state index >= 15 is 0 Å². The van der Waals surface area contributed by atoms with Gasteiger partial charge in [-0.15, -0.1) is 0 Å². The minimum Gasteiger partial charge on any atom is -0.479 e. The van der Waals surface area contributed by atoms with Crippen molar-refractivity contribution in [2.75, 3.05) is 13.2 Å². The van der Waals surface area contributed by atoms with Crippen LogP contribution in [0, 0.1) is 5.92 Å². The van der Waals surface area contributed by atoms with Crippen molar-refractivity contribution in [2.24, 2.45) is 5.92 Å². The lowest BCUT2D eigenvalue weighted by Gasteiger charge is -2.21. The highest BCUT2D eigenvalue weighted by molar-refractivity contribution is 5.82. The largest absolute Gasteiger partial charge is 0.479 e. The zero-order chi connectivity index (χ0) is 22.7. The molecule has 4 rings (SSSR count). The van der Waals surface area contributed by atoms with E-state index in [1.807, 2.05) is 36.4 Å². The summed E-state index contributed by atoms with van der Waals surface area (Å²) in [6.07, 6.45) is -0.280. The number of carbonyl (C=O) groups is 3. The number of ether oxygens (including phenoxy) is 1. The zero-order valence-electron chi connectivity index (χ0n) is 17.5. The van der Waals surface area contributed by atoms with E-state index in [1.54, 1.807) is 0 Å². The molecular weight excluding hydrogens is 412 g/mol. The molecule has 2 aromatic rings. The maximum atomic E-state index is 12.5. The number of rotatable bonds is 7. The van der Waals surface area contributed by atoms with E-state index in [0.29, 0.717) is 12.8 Å². The topological polar surface area (TPSA) is 125 Å². The van der Waals surface area contributed by atoms with Crippen molar-refractivity contribution in [3.05, 3.63) is 59.7 Å². The lowest BCUT2D eigenvalue weighted by molar-refractivity contribution is -0.146. The molecule has 0 radical (unpaired) electrons. The number of hydrogen-bond donors (Lipinski definition) is 4. The number of alkyl carbamates (subject to hydrolysis) is 1. The number of amides is 2. The van der Waals surface area contributed by atoms with E-state index in [4.69, 9.17) is 9.84 Å². The maximum Gasteiger partial charge on any atom is 0.407 e. The monoisotopic (exact) mass is 438 g/mol. The van der Waals surface area contributed by atoms with Crippen LogP contribution in [0.25, 0.3) is 11.1 Å². The second-order valence-corrected chi connectivity index (χ2v) is 8.21. The van der Waals surface area contributed by atoms with Crippen molar-refractivity contribution >= 4 is 18.0 Å². The Kier molecular flexibility index (Phi) is 6.41. The molecule has 4 N–H and O–H groups in total. The van der Waals surface area contributed by atoms with Crippen LogP contribution >= 0.6 is 0 Å². The Labute approximate surface area is 185 Å². The van der Waals surface area contributed by atoms with Crippen molar-refractivity contribution in [2.45, 2.75) is 37.3 Å². The Morgan fingerprint density at radius 1 is 1.00 bits per heavy atom. The van der Waals surface area contributed by atoms with Crippen LogP contribution in [0.5, 0.6) is 0 Å². The van der Waals surface area contributed by atoms with Crippen molar-refractivity contribution in [3.63, 3.8) is 0 Å². The van der Waals surface area contributed by atoms with Crippen LogP contribution in [0.15, 0.2) is 48.5 Å². The number of carboxylic acids is 1. The van der Waals surface area contributed by atoms with Crippen LogP contribution in [0.2, 0.25) is 0 Å². The summed E-state index contributed by atoms with van der Waals surface area (Å²) in [4.78, 5) is 35.6. The summed E-state index contributed by atoms with van der Waals surface area (Å²) in [5.41, 5.74) is 4.54. The summed E-state index contributed by atoms with van der Waals surface area (Å²) in [6, 6.07) is 15.8. The molecular formula is C24H26N2O6. The summed E-state index contributed by atoms with van der Waals surface area (Å²) in [5, 5.41) is 23.3. The predicted octanol–water partition coefficient (Wildman–Crippen LogP) is 2.26. The number of aliphatic hydroxyl groups is 1. The lowest BCUT2D eigenvalue weighted by atomic mass is 9.98. The molecule has 2 aliphatic rings. The summed E-state index contributed by atoms with van der Waals surface area (Å²) in [6.45, 7) is -0.184. The van der Waals surface area contributed by atoms with Crippen molar-refractivity contribution < 1.29 is 29.3 Å². The molecule has 0 spiro atoms. The lowest BCUT2D eigenvalue weighted by Crippen LogP contribution is -2.46. The predicted molar refractivity (Wildman–Crippen MR) is 116 cm³/mol. The third kappa shape index (κ3) is 4.45. The molecule has 0 saturated heterocycles. The molecule has 2 aliphatic carbocycles. The number of fused-ring (bicyclic) bond motifs is 3. The molecule has 8 nitrogen and oxygen atoms in total. The summed E-state index contributed by atoms with van der Waals surface area (Å²) in [5.74, 6) is -2.32. The first-order chi connectivity index (χ1) is 15.5. The van der Waals surface area contributed by atoms with Crippen LogP contribution in [0.4, 0.5) is 4.79 Å². The molecule has 0 aromatic heterocycles. The standard InChI is InChI=1S/C24H26N2O6/c27-21(23(29)30)12-25-22(28)18-10-5-11-20(18)26-24(31)32-13-19-16-8-3-1-6-14(16)15-7-2-4-9-17(15)19/h1-4,6-9,18-21,27H,5,10-13H2,(H,25,28)(H,26,31)(H,29,30)/t18-,20+,21?/m0/s1. The molecule has 2 aromatic carbocycles. The molecule has 2 amide bonds. The van der Waals surface area contributed by atoms with Crippen molar-refractivity contribution in [1.29, 1.82) is 0 Å². The van der Waals surface area contributed by atoms with E-state index in [-0.39, 0.29) is 25.0 Å². The van der Waals surface area contributed by atoms with Gasteiger partial charge in [0.1, 0.15) is 6.61 Å². The maximum absolute atomic E-state index is 12.5. The minimum absolute atomic E-state index is 0.0478. The molecule has 0 bridgehead atoms. The van der Waals surface area contributed by atoms with Gasteiger partial charge in [0, 0.05) is 12.0 Å². The second kappa shape index (κ2) is 9.40. The highest BCUT2D eigenvalue weighted by atomic mass is 16.5. The van der Waals surface area contributed by atoms with Gasteiger partial charge in [0.05, 0.1) is 12.5 Å². The smallest absolute Gasteiger partial charge is 0.407 e. The van der Waals surface area contributed by atoms with Gasteiger partial charge in [-0.25, -0.2) is 9.59 Å². The SMILES string of the molecule is O=C(N[C@@H]1CCC[C@@H]1C(=O)NCC(O)C(=O)O)OCC1c2ccccc2-c2ccccc21. The molecule has 32 heavy (non-hydrogen) atoms. The highest BCUT2D eigenvalue weighted by Gasteiger charge is 2.35. The van der Waals surface area contributed by atoms with Gasteiger partial charge < -0.3 is 25.6 Å². The Morgan fingerprint density at radius 3 is 2.25 bits per heavy atom. The van der Waals surface area contributed by atoms with Gasteiger partial charge in [0.15, 0.2) is 6.10 Å². The van der Waals surface area contributed by atoms with E-state index in [9.17, 15) is 19.5 Å². The summed E-state index contributed by atoms with van der Waals surface area (Å²) < 4.78 is 5.56. The molecule has 3 atom stereocenters. The summed E-state index contributed by atoms with van der Waals surface area (Å²) in [7, 11) is 0. The van der Waals surface area contributed by atoms with Gasteiger partial charge in [-0.05, 0) is 35.1 Å². The molecule has 0 aliphatic heterocycles. The number of benzene rings is 2. The second-order valence-electron chi connectivity index (χ2n) is 8.21. The summed E-state index contributed by atoms with van der Waals surface area (Å²) >= 11 is 0. The number of aliphatic hydroxyl groups excluding tert-OH is 1. The zero-order valence-corrected chi connectivity index (χ0v) is 17.5. The first kappa shape index (κ1) is 21.8. The first-order valence-corrected chi connectivity index (χ1v) is 10.8. The molecule has 1 unspecified atom stereocenters. The normalized spacial score (nSPS) is 20.2. The first-order valence-electron chi connectivity index (χ1n) is 10.8. The molecule has 8 heteroatoms. The Hall–Kier alpha value is -3.39. The van der Waals surface area contributed by atoms with E-state index in [2.05, 4.69) is 22.8 Å². The van der Waals surface area contributed by atoms with Crippen molar-refractivity contribution in [3.8, 4) is 11.1 Å². The Bertz CT molecular complexity index is 978. The van der Waals surface area contributed by atoms with Gasteiger partial charge >= 0.3 is 12.1 Å². The van der Waals surface area contributed by atoms with Gasteiger partial charge in [-0.1, -0.05) is 55.0 Å². The number of hydrogen-bond acceptors (Lipinski definition) is 5. The molecule has 1 saturated carbocycles. The number of carboxylic acid groups (broad SMARTS) is 1. The van der Waals surface area contributed by atoms with E-state index in [0.717, 1.165) is 28.7 Å². The average Bonchev–Trinajstić information content (AvgIpc) is 3.38. The van der Waals surface area contributed by atoms with Crippen molar-refractivity contribution in [1.82, 2.24) is 10.6 Å². The van der Waals surface area contributed by atoms with E-state index < -0.39 is 30.1 Å². The van der Waals surface area contributed by atoms with Gasteiger partial charge in [0.25, 0.3) is 0 Å². The molecule has 168 valence electrons. The van der Waals surface area contributed by atoms with Crippen LogP contribution < -0.4 is 10.6 Å². The Morgan fingerprint density at radius 2 is 1.62 bits per heavy atom. The third-order valence-electron chi connectivity index (χ3n) is 6.25. The average molecular weight is 438 g/mol. The fourth-order valence-electron chi connectivity index (χ4n) is 4.65. The number of carbonyl (C=O) groups excluding carboxylic acids is 2. The van der Waals surface area contributed by atoms with Gasteiger partial charge in [-0.3, -0.25) is 4.79 Å². The third-order valence-corrected chi connectivity index (χ3v) is 6.25. The van der Waals surface area contributed by atoms with Crippen LogP contribution in [0.1, 0.15) is 36.3 Å². The highest BCUT2D eigenvalue weighted by Crippen LogP contribution is 2.44. The quantitative estimate of drug-likeness (QED) is 0.526. The minimum atomic E-state index is -1.66. The number of aliphatic carboxylic acids is 1. The van der Waals surface area contributed by atoms with Crippen LogP contribution in [0.3, 0.4) is 0 Å².